The summed E-state index contributed by atoms with van der Waals surface area (Å²) in [7, 11) is 0. The summed E-state index contributed by atoms with van der Waals surface area (Å²) in [6, 6.07) is 0. The summed E-state index contributed by atoms with van der Waals surface area (Å²) in [5.74, 6) is 0.536. The van der Waals surface area contributed by atoms with Crippen LogP contribution in [0.4, 0.5) is 0 Å². The largest absolute Gasteiger partial charge is 0.370 e. The molecule has 0 aliphatic heterocycles. The van der Waals surface area contributed by atoms with Crippen LogP contribution in [0, 0.1) is 5.92 Å². The van der Waals surface area contributed by atoms with Crippen molar-refractivity contribution in [2.75, 3.05) is 13.1 Å². The van der Waals surface area contributed by atoms with E-state index in [2.05, 4.69) is 19.2 Å². The third kappa shape index (κ3) is 9.43. The lowest BCUT2D eigenvalue weighted by Crippen LogP contribution is -2.20. The second kappa shape index (κ2) is 7.10. The van der Waals surface area contributed by atoms with Gasteiger partial charge in [-0.25, -0.2) is 0 Å². The number of carbonyl (C=O) groups is 1. The van der Waals surface area contributed by atoms with Crippen LogP contribution in [0.15, 0.2) is 0 Å². The van der Waals surface area contributed by atoms with Crippen LogP contribution in [0.1, 0.15) is 33.1 Å². The zero-order valence-corrected chi connectivity index (χ0v) is 8.10. The summed E-state index contributed by atoms with van der Waals surface area (Å²) in [4.78, 5) is 10.3. The minimum absolute atomic E-state index is 0.208. The van der Waals surface area contributed by atoms with Crippen LogP contribution >= 0.6 is 0 Å². The van der Waals surface area contributed by atoms with Crippen molar-refractivity contribution in [1.29, 1.82) is 0 Å². The monoisotopic (exact) mass is 172 g/mol. The molecule has 3 nitrogen and oxygen atoms in total. The molecule has 0 aromatic rings. The van der Waals surface area contributed by atoms with E-state index in [1.807, 2.05) is 0 Å². The maximum absolute atomic E-state index is 10.3. The molecule has 3 heteroatoms. The van der Waals surface area contributed by atoms with E-state index in [4.69, 9.17) is 5.73 Å². The molecule has 1 amide bonds. The highest BCUT2D eigenvalue weighted by atomic mass is 16.1. The van der Waals surface area contributed by atoms with Gasteiger partial charge in [0.25, 0.3) is 0 Å². The Hall–Kier alpha value is -0.570. The maximum atomic E-state index is 10.3. The summed E-state index contributed by atoms with van der Waals surface area (Å²) in [6.45, 7) is 6.34. The van der Waals surface area contributed by atoms with Gasteiger partial charge in [0.05, 0.1) is 0 Å². The second-order valence-electron chi connectivity index (χ2n) is 3.50. The highest BCUT2D eigenvalue weighted by molar-refractivity contribution is 5.73. The molecule has 0 saturated heterocycles. The molecular formula is C9H20N2O. The highest BCUT2D eigenvalue weighted by Crippen LogP contribution is 1.96. The summed E-state index contributed by atoms with van der Waals surface area (Å²) in [5.41, 5.74) is 4.99. The number of nitrogens with one attached hydrogen (secondary N) is 1. The molecule has 0 fully saturated rings. The van der Waals surface area contributed by atoms with Crippen molar-refractivity contribution >= 4 is 5.91 Å². The number of nitrogens with two attached hydrogens (primary N) is 1. The maximum Gasteiger partial charge on any atom is 0.217 e. The molecule has 0 aromatic heterocycles. The molecule has 12 heavy (non-hydrogen) atoms. The third-order valence-corrected chi connectivity index (χ3v) is 1.68. The first kappa shape index (κ1) is 11.4. The Morgan fingerprint density at radius 1 is 1.42 bits per heavy atom. The van der Waals surface area contributed by atoms with Crippen LogP contribution < -0.4 is 11.1 Å². The van der Waals surface area contributed by atoms with E-state index in [9.17, 15) is 4.79 Å². The highest BCUT2D eigenvalue weighted by Gasteiger charge is 1.95. The number of amides is 1. The van der Waals surface area contributed by atoms with Crippen LogP contribution in [0.5, 0.6) is 0 Å². The van der Waals surface area contributed by atoms with Crippen molar-refractivity contribution in [3.63, 3.8) is 0 Å². The van der Waals surface area contributed by atoms with Gasteiger partial charge in [0.2, 0.25) is 5.91 Å². The van der Waals surface area contributed by atoms with Crippen molar-refractivity contribution in [2.45, 2.75) is 33.1 Å². The Balaban J connectivity index is 2.96. The van der Waals surface area contributed by atoms with Gasteiger partial charge in [-0.1, -0.05) is 13.8 Å². The van der Waals surface area contributed by atoms with Crippen molar-refractivity contribution < 1.29 is 4.79 Å². The Morgan fingerprint density at radius 2 is 2.08 bits per heavy atom. The smallest absolute Gasteiger partial charge is 0.217 e. The van der Waals surface area contributed by atoms with Gasteiger partial charge in [-0.15, -0.1) is 0 Å². The summed E-state index contributed by atoms with van der Waals surface area (Å²) in [5, 5.41) is 3.26. The van der Waals surface area contributed by atoms with E-state index in [1.165, 1.54) is 6.42 Å². The van der Waals surface area contributed by atoms with Crippen LogP contribution in [0.2, 0.25) is 0 Å². The van der Waals surface area contributed by atoms with Gasteiger partial charge in [-0.3, -0.25) is 4.79 Å². The van der Waals surface area contributed by atoms with Gasteiger partial charge in [-0.2, -0.15) is 0 Å². The van der Waals surface area contributed by atoms with Gasteiger partial charge < -0.3 is 11.1 Å². The Morgan fingerprint density at radius 3 is 2.58 bits per heavy atom. The molecule has 0 rings (SSSR count). The molecule has 0 heterocycles. The quantitative estimate of drug-likeness (QED) is 0.560. The number of carbonyl (C=O) groups excluding carboxylic acids is 1. The molecule has 0 aliphatic carbocycles. The van der Waals surface area contributed by atoms with E-state index in [0.717, 1.165) is 25.4 Å². The van der Waals surface area contributed by atoms with Crippen LogP contribution in [0.25, 0.3) is 0 Å². The van der Waals surface area contributed by atoms with Gasteiger partial charge >= 0.3 is 0 Å². The minimum atomic E-state index is -0.208. The van der Waals surface area contributed by atoms with Crippen LogP contribution in [-0.4, -0.2) is 19.0 Å². The lowest BCUT2D eigenvalue weighted by Gasteiger charge is -2.05. The molecule has 0 bridgehead atoms. The molecule has 0 aliphatic rings. The average molecular weight is 172 g/mol. The Kier molecular flexibility index (Phi) is 6.76. The molecule has 0 radical (unpaired) electrons. The average Bonchev–Trinajstić information content (AvgIpc) is 1.95. The Labute approximate surface area is 74.7 Å². The van der Waals surface area contributed by atoms with Gasteiger partial charge in [0.1, 0.15) is 0 Å². The van der Waals surface area contributed by atoms with Crippen molar-refractivity contribution in [1.82, 2.24) is 5.32 Å². The first-order valence-electron chi connectivity index (χ1n) is 4.62. The van der Waals surface area contributed by atoms with Gasteiger partial charge in [0, 0.05) is 6.42 Å². The lowest BCUT2D eigenvalue weighted by molar-refractivity contribution is -0.118. The van der Waals surface area contributed by atoms with Crippen molar-refractivity contribution in [2.24, 2.45) is 11.7 Å². The molecule has 0 spiro atoms. The summed E-state index contributed by atoms with van der Waals surface area (Å²) < 4.78 is 0. The summed E-state index contributed by atoms with van der Waals surface area (Å²) >= 11 is 0. The fourth-order valence-electron chi connectivity index (χ4n) is 0.903. The zero-order chi connectivity index (χ0) is 9.40. The SMILES string of the molecule is CC(C)CCNCCCC(N)=O. The first-order chi connectivity index (χ1) is 5.63. The second-order valence-corrected chi connectivity index (χ2v) is 3.50. The van der Waals surface area contributed by atoms with E-state index in [-0.39, 0.29) is 5.91 Å². The van der Waals surface area contributed by atoms with Crippen LogP contribution in [-0.2, 0) is 4.79 Å². The number of hydrogen-bond acceptors (Lipinski definition) is 2. The molecule has 0 unspecified atom stereocenters. The van der Waals surface area contributed by atoms with Gasteiger partial charge in [0.15, 0.2) is 0 Å². The van der Waals surface area contributed by atoms with Crippen LogP contribution in [0.3, 0.4) is 0 Å². The molecular weight excluding hydrogens is 152 g/mol. The Bertz CT molecular complexity index is 124. The van der Waals surface area contributed by atoms with Gasteiger partial charge in [-0.05, 0) is 31.8 Å². The normalized spacial score (nSPS) is 10.6. The number of rotatable bonds is 7. The third-order valence-electron chi connectivity index (χ3n) is 1.68. The predicted octanol–water partition coefficient (Wildman–Crippen LogP) is 0.888. The van der Waals surface area contributed by atoms with Crippen molar-refractivity contribution in [3.05, 3.63) is 0 Å². The molecule has 3 N–H and O–H groups in total. The topological polar surface area (TPSA) is 55.1 Å². The zero-order valence-electron chi connectivity index (χ0n) is 8.10. The van der Waals surface area contributed by atoms with E-state index >= 15 is 0 Å². The van der Waals surface area contributed by atoms with Crippen molar-refractivity contribution in [3.8, 4) is 0 Å². The molecule has 0 atom stereocenters. The molecule has 72 valence electrons. The predicted molar refractivity (Wildman–Crippen MR) is 50.8 cm³/mol. The number of primary amides is 1. The lowest BCUT2D eigenvalue weighted by atomic mass is 10.1. The van der Waals surface area contributed by atoms with E-state index in [0.29, 0.717) is 6.42 Å². The molecule has 0 saturated carbocycles. The van der Waals surface area contributed by atoms with E-state index < -0.39 is 0 Å². The molecule has 0 aromatic carbocycles. The standard InChI is InChI=1S/C9H20N2O/c1-8(2)5-7-11-6-3-4-9(10)12/h8,11H,3-7H2,1-2H3,(H2,10,12). The van der Waals surface area contributed by atoms with E-state index in [1.54, 1.807) is 0 Å². The fourth-order valence-corrected chi connectivity index (χ4v) is 0.903. The fraction of sp³-hybridized carbons (Fsp3) is 0.889. The number of hydrogen-bond donors (Lipinski definition) is 2. The minimum Gasteiger partial charge on any atom is -0.370 e. The first-order valence-corrected chi connectivity index (χ1v) is 4.62. The summed E-state index contributed by atoms with van der Waals surface area (Å²) in [6.07, 6.45) is 2.54.